The predicted octanol–water partition coefficient (Wildman–Crippen LogP) is 1.85. The first-order valence-electron chi connectivity index (χ1n) is 4.89. The zero-order valence-corrected chi connectivity index (χ0v) is 9.83. The van der Waals surface area contributed by atoms with E-state index < -0.39 is 24.9 Å². The summed E-state index contributed by atoms with van der Waals surface area (Å²) in [6, 6.07) is 0. The highest BCUT2D eigenvalue weighted by atomic mass is 32.1. The molecule has 0 rings (SSSR count). The minimum absolute atomic E-state index is 0.252. The van der Waals surface area contributed by atoms with Crippen LogP contribution in [0, 0.1) is 0 Å². The van der Waals surface area contributed by atoms with Crippen LogP contribution in [0.25, 0.3) is 0 Å². The van der Waals surface area contributed by atoms with Crippen LogP contribution in [-0.2, 0) is 4.79 Å². The van der Waals surface area contributed by atoms with Crippen molar-refractivity contribution in [2.45, 2.75) is 32.4 Å². The summed E-state index contributed by atoms with van der Waals surface area (Å²) in [5.74, 6) is -0.518. The molecule has 0 aliphatic heterocycles. The summed E-state index contributed by atoms with van der Waals surface area (Å²) >= 11 is 4.63. The molecule has 0 aromatic heterocycles. The highest BCUT2D eigenvalue weighted by Gasteiger charge is 2.28. The van der Waals surface area contributed by atoms with Gasteiger partial charge in [-0.25, -0.2) is 0 Å². The zero-order valence-electron chi connectivity index (χ0n) is 9.01. The van der Waals surface area contributed by atoms with Gasteiger partial charge in [0.05, 0.1) is 11.4 Å². The molecular formula is C9H15F3N2OS. The molecule has 3 nitrogen and oxygen atoms in total. The topological polar surface area (TPSA) is 46.3 Å². The van der Waals surface area contributed by atoms with Gasteiger partial charge in [-0.05, 0) is 6.92 Å². The van der Waals surface area contributed by atoms with E-state index in [0.717, 1.165) is 0 Å². The monoisotopic (exact) mass is 256 g/mol. The standard InChI is InChI=1S/C9H15F3N2OS/c1-2-14(6-4-7(13)16)8(15)3-5-9(10,11)12/h2-6H2,1H3,(H2,13,16). The van der Waals surface area contributed by atoms with Gasteiger partial charge in [-0.15, -0.1) is 0 Å². The van der Waals surface area contributed by atoms with Crippen LogP contribution >= 0.6 is 12.2 Å². The highest BCUT2D eigenvalue weighted by Crippen LogP contribution is 2.21. The van der Waals surface area contributed by atoms with Crippen molar-refractivity contribution in [1.82, 2.24) is 4.90 Å². The van der Waals surface area contributed by atoms with Crippen molar-refractivity contribution in [2.75, 3.05) is 13.1 Å². The molecule has 0 aromatic carbocycles. The molecule has 0 radical (unpaired) electrons. The van der Waals surface area contributed by atoms with Crippen molar-refractivity contribution in [1.29, 1.82) is 0 Å². The van der Waals surface area contributed by atoms with E-state index in [0.29, 0.717) is 13.0 Å². The molecule has 16 heavy (non-hydrogen) atoms. The number of amides is 1. The summed E-state index contributed by atoms with van der Waals surface area (Å²) in [6.45, 7) is 2.34. The first-order chi connectivity index (χ1) is 7.26. The van der Waals surface area contributed by atoms with Crippen LogP contribution in [0.3, 0.4) is 0 Å². The van der Waals surface area contributed by atoms with Gasteiger partial charge >= 0.3 is 6.18 Å². The number of hydrogen-bond donors (Lipinski definition) is 1. The molecule has 0 saturated carbocycles. The maximum absolute atomic E-state index is 11.9. The van der Waals surface area contributed by atoms with Crippen LogP contribution in [0.1, 0.15) is 26.2 Å². The molecule has 0 atom stereocenters. The second-order valence-corrected chi connectivity index (χ2v) is 3.83. The van der Waals surface area contributed by atoms with Gasteiger partial charge in [0.2, 0.25) is 5.91 Å². The van der Waals surface area contributed by atoms with Crippen LogP contribution < -0.4 is 5.73 Å². The Bertz CT molecular complexity index is 256. The largest absolute Gasteiger partial charge is 0.393 e. The molecule has 7 heteroatoms. The van der Waals surface area contributed by atoms with Crippen molar-refractivity contribution < 1.29 is 18.0 Å². The fraction of sp³-hybridized carbons (Fsp3) is 0.778. The number of halogens is 3. The lowest BCUT2D eigenvalue weighted by Crippen LogP contribution is -2.34. The minimum atomic E-state index is -4.29. The Hall–Kier alpha value is -0.850. The highest BCUT2D eigenvalue weighted by molar-refractivity contribution is 7.80. The number of rotatable bonds is 6. The normalized spacial score (nSPS) is 11.2. The quantitative estimate of drug-likeness (QED) is 0.738. The van der Waals surface area contributed by atoms with E-state index in [4.69, 9.17) is 5.73 Å². The summed E-state index contributed by atoms with van der Waals surface area (Å²) in [4.78, 5) is 13.0. The van der Waals surface area contributed by atoms with Gasteiger partial charge in [0, 0.05) is 25.9 Å². The number of hydrogen-bond acceptors (Lipinski definition) is 2. The number of alkyl halides is 3. The first kappa shape index (κ1) is 15.2. The summed E-state index contributed by atoms with van der Waals surface area (Å²) in [6.07, 6.45) is -5.57. The average Bonchev–Trinajstić information content (AvgIpc) is 2.14. The summed E-state index contributed by atoms with van der Waals surface area (Å²) in [7, 11) is 0. The third kappa shape index (κ3) is 7.44. The van der Waals surface area contributed by atoms with Gasteiger partial charge in [0.25, 0.3) is 0 Å². The van der Waals surface area contributed by atoms with Crippen molar-refractivity contribution in [2.24, 2.45) is 5.73 Å². The third-order valence-electron chi connectivity index (χ3n) is 1.98. The molecule has 0 aromatic rings. The molecule has 0 aliphatic rings. The van der Waals surface area contributed by atoms with Gasteiger partial charge in [0.1, 0.15) is 0 Å². The molecule has 0 unspecified atom stereocenters. The van der Waals surface area contributed by atoms with Crippen molar-refractivity contribution in [3.63, 3.8) is 0 Å². The number of carbonyl (C=O) groups excluding carboxylic acids is 1. The lowest BCUT2D eigenvalue weighted by atomic mass is 10.2. The van der Waals surface area contributed by atoms with E-state index in [9.17, 15) is 18.0 Å². The van der Waals surface area contributed by atoms with E-state index in [2.05, 4.69) is 12.2 Å². The second-order valence-electron chi connectivity index (χ2n) is 3.30. The number of thiocarbonyl (C=S) groups is 1. The minimum Gasteiger partial charge on any atom is -0.393 e. The third-order valence-corrected chi connectivity index (χ3v) is 2.19. The molecule has 2 N–H and O–H groups in total. The van der Waals surface area contributed by atoms with Gasteiger partial charge in [-0.3, -0.25) is 4.79 Å². The molecule has 0 aliphatic carbocycles. The molecule has 1 amide bonds. The lowest BCUT2D eigenvalue weighted by Gasteiger charge is -2.20. The Morgan fingerprint density at radius 1 is 1.38 bits per heavy atom. The summed E-state index contributed by atoms with van der Waals surface area (Å²) in [5.41, 5.74) is 5.25. The van der Waals surface area contributed by atoms with E-state index in [1.165, 1.54) is 4.90 Å². The zero-order chi connectivity index (χ0) is 12.8. The Balaban J connectivity index is 4.06. The number of nitrogens with zero attached hydrogens (tertiary/aromatic N) is 1. The molecular weight excluding hydrogens is 241 g/mol. The fourth-order valence-corrected chi connectivity index (χ4v) is 1.20. The Kier molecular flexibility index (Phi) is 6.32. The maximum Gasteiger partial charge on any atom is 0.389 e. The Labute approximate surface area is 97.8 Å². The van der Waals surface area contributed by atoms with Crippen molar-refractivity contribution in [3.05, 3.63) is 0 Å². The van der Waals surface area contributed by atoms with Crippen LogP contribution in [0.2, 0.25) is 0 Å². The summed E-state index contributed by atoms with van der Waals surface area (Å²) < 4.78 is 35.7. The van der Waals surface area contributed by atoms with Gasteiger partial charge in [-0.1, -0.05) is 12.2 Å². The Morgan fingerprint density at radius 3 is 2.31 bits per heavy atom. The average molecular weight is 256 g/mol. The van der Waals surface area contributed by atoms with E-state index in [1.54, 1.807) is 6.92 Å². The smallest absolute Gasteiger partial charge is 0.389 e. The van der Waals surface area contributed by atoms with Crippen LogP contribution in [0.5, 0.6) is 0 Å². The predicted molar refractivity (Wildman–Crippen MR) is 58.9 cm³/mol. The van der Waals surface area contributed by atoms with Gasteiger partial charge in [0.15, 0.2) is 0 Å². The molecule has 0 saturated heterocycles. The van der Waals surface area contributed by atoms with Gasteiger partial charge < -0.3 is 10.6 Å². The fourth-order valence-electron chi connectivity index (χ4n) is 1.11. The van der Waals surface area contributed by atoms with E-state index in [-0.39, 0.29) is 11.5 Å². The molecule has 0 fully saturated rings. The molecule has 0 spiro atoms. The van der Waals surface area contributed by atoms with Crippen LogP contribution in [0.4, 0.5) is 13.2 Å². The van der Waals surface area contributed by atoms with Crippen LogP contribution in [-0.4, -0.2) is 35.1 Å². The SMILES string of the molecule is CCN(CCC(N)=S)C(=O)CCC(F)(F)F. The maximum atomic E-state index is 11.9. The number of carbonyl (C=O) groups is 1. The van der Waals surface area contributed by atoms with Gasteiger partial charge in [-0.2, -0.15) is 13.2 Å². The molecule has 0 bridgehead atoms. The van der Waals surface area contributed by atoms with E-state index >= 15 is 0 Å². The molecule has 0 heterocycles. The molecule has 94 valence electrons. The van der Waals surface area contributed by atoms with Crippen LogP contribution in [0.15, 0.2) is 0 Å². The van der Waals surface area contributed by atoms with Crippen molar-refractivity contribution in [3.8, 4) is 0 Å². The second kappa shape index (κ2) is 6.67. The Morgan fingerprint density at radius 2 is 1.94 bits per heavy atom. The van der Waals surface area contributed by atoms with E-state index in [1.807, 2.05) is 0 Å². The first-order valence-corrected chi connectivity index (χ1v) is 5.30. The lowest BCUT2D eigenvalue weighted by molar-refractivity contribution is -0.149. The summed E-state index contributed by atoms with van der Waals surface area (Å²) in [5, 5.41) is 0. The number of nitrogens with two attached hydrogens (primary N) is 1. The van der Waals surface area contributed by atoms with Crippen molar-refractivity contribution >= 4 is 23.1 Å².